The highest BCUT2D eigenvalue weighted by Crippen LogP contribution is 2.42. The number of amides is 1. The number of nitrogens with zero attached hydrogens (tertiary/aromatic N) is 2. The van der Waals surface area contributed by atoms with Gasteiger partial charge in [-0.05, 0) is 75.8 Å². The molecule has 8 heteroatoms. The van der Waals surface area contributed by atoms with Gasteiger partial charge in [0.1, 0.15) is 11.5 Å². The summed E-state index contributed by atoms with van der Waals surface area (Å²) in [6.07, 6.45) is 1.98. The number of benzene rings is 2. The normalized spacial score (nSPS) is 16.9. The summed E-state index contributed by atoms with van der Waals surface area (Å²) in [6, 6.07) is 9.83. The standard InChI is InChI=1S/C29H38N2O6/c1-7-9-16-37-22-12-11-21(17-19(22)3)27(32)25-26(31(15-14-30(4)5)29(34)28(25)33)20-10-13-23(36-8-2)24(18-20)35-6/h10-13,17-18,26,32H,7-9,14-16H2,1-6H3/b27-25+/t26-/m0/s1. The van der Waals surface area contributed by atoms with Gasteiger partial charge in [-0.25, -0.2) is 0 Å². The van der Waals surface area contributed by atoms with Gasteiger partial charge in [0.05, 0.1) is 31.9 Å². The van der Waals surface area contributed by atoms with Gasteiger partial charge in [0.15, 0.2) is 11.5 Å². The molecule has 3 rings (SSSR count). The molecular formula is C29H38N2O6. The zero-order valence-electron chi connectivity index (χ0n) is 22.7. The Morgan fingerprint density at radius 1 is 1.03 bits per heavy atom. The number of hydrogen-bond donors (Lipinski definition) is 1. The molecule has 1 fully saturated rings. The first kappa shape index (κ1) is 28.1. The lowest BCUT2D eigenvalue weighted by Crippen LogP contribution is -2.35. The van der Waals surface area contributed by atoms with E-state index in [1.165, 1.54) is 12.0 Å². The fraction of sp³-hybridized carbons (Fsp3) is 0.448. The maximum absolute atomic E-state index is 13.3. The van der Waals surface area contributed by atoms with Crippen molar-refractivity contribution in [2.24, 2.45) is 0 Å². The van der Waals surface area contributed by atoms with Crippen molar-refractivity contribution in [3.8, 4) is 17.2 Å². The molecule has 2 aromatic rings. The summed E-state index contributed by atoms with van der Waals surface area (Å²) in [4.78, 5) is 29.9. The Labute approximate surface area is 219 Å². The van der Waals surface area contributed by atoms with Crippen LogP contribution in [0.1, 0.15) is 49.4 Å². The van der Waals surface area contributed by atoms with Gasteiger partial charge in [-0.3, -0.25) is 9.59 Å². The van der Waals surface area contributed by atoms with Crippen LogP contribution in [0, 0.1) is 6.92 Å². The van der Waals surface area contributed by atoms with E-state index in [1.807, 2.05) is 32.8 Å². The topological polar surface area (TPSA) is 88.5 Å². The monoisotopic (exact) mass is 510 g/mol. The summed E-state index contributed by atoms with van der Waals surface area (Å²) < 4.78 is 17.0. The minimum Gasteiger partial charge on any atom is -0.507 e. The van der Waals surface area contributed by atoms with Crippen molar-refractivity contribution in [2.45, 2.75) is 39.7 Å². The maximum Gasteiger partial charge on any atom is 0.295 e. The molecular weight excluding hydrogens is 472 g/mol. The third-order valence-corrected chi connectivity index (χ3v) is 6.34. The second-order valence-corrected chi connectivity index (χ2v) is 9.32. The van der Waals surface area contributed by atoms with E-state index in [0.29, 0.717) is 48.9 Å². The number of hydrogen-bond acceptors (Lipinski definition) is 7. The SMILES string of the molecule is CCCCOc1ccc(/C(O)=C2\C(=O)C(=O)N(CCN(C)C)[C@H]2c2ccc(OCC)c(OC)c2)cc1C. The van der Waals surface area contributed by atoms with E-state index >= 15 is 0 Å². The maximum atomic E-state index is 13.3. The van der Waals surface area contributed by atoms with Crippen LogP contribution in [0.4, 0.5) is 0 Å². The highest BCUT2D eigenvalue weighted by molar-refractivity contribution is 6.46. The van der Waals surface area contributed by atoms with Crippen LogP contribution in [-0.4, -0.2) is 74.1 Å². The second-order valence-electron chi connectivity index (χ2n) is 9.32. The van der Waals surface area contributed by atoms with E-state index in [-0.39, 0.29) is 11.3 Å². The van der Waals surface area contributed by atoms with Crippen molar-refractivity contribution >= 4 is 17.4 Å². The van der Waals surface area contributed by atoms with Crippen LogP contribution in [0.15, 0.2) is 42.0 Å². The van der Waals surface area contributed by atoms with Crippen molar-refractivity contribution in [1.29, 1.82) is 0 Å². The number of methoxy groups -OCH3 is 1. The summed E-state index contributed by atoms with van der Waals surface area (Å²) >= 11 is 0. The zero-order valence-corrected chi connectivity index (χ0v) is 22.7. The van der Waals surface area contributed by atoms with E-state index < -0.39 is 17.7 Å². The molecule has 1 saturated heterocycles. The molecule has 0 spiro atoms. The Kier molecular flexibility index (Phi) is 9.58. The molecule has 2 aromatic carbocycles. The summed E-state index contributed by atoms with van der Waals surface area (Å²) in [5, 5.41) is 11.4. The molecule has 0 unspecified atom stereocenters. The van der Waals surface area contributed by atoms with Gasteiger partial charge >= 0.3 is 0 Å². The fourth-order valence-electron chi connectivity index (χ4n) is 4.33. The first-order chi connectivity index (χ1) is 17.7. The number of likely N-dealkylation sites (N-methyl/N-ethyl adjacent to an activating group) is 1. The lowest BCUT2D eigenvalue weighted by atomic mass is 9.94. The van der Waals surface area contributed by atoms with E-state index in [0.717, 1.165) is 24.2 Å². The summed E-state index contributed by atoms with van der Waals surface area (Å²) in [5.74, 6) is 0.207. The Morgan fingerprint density at radius 3 is 2.38 bits per heavy atom. The molecule has 0 saturated carbocycles. The van der Waals surface area contributed by atoms with Crippen LogP contribution in [0.2, 0.25) is 0 Å². The predicted octanol–water partition coefficient (Wildman–Crippen LogP) is 4.56. The number of ether oxygens (including phenoxy) is 3. The number of carbonyl (C=O) groups excluding carboxylic acids is 2. The molecule has 1 heterocycles. The van der Waals surface area contributed by atoms with Crippen molar-refractivity contribution in [3.63, 3.8) is 0 Å². The Balaban J connectivity index is 2.10. The number of Topliss-reactive ketones (excluding diaryl/α,β-unsaturated/α-hetero) is 1. The molecule has 0 bridgehead atoms. The molecule has 1 atom stereocenters. The first-order valence-corrected chi connectivity index (χ1v) is 12.7. The average molecular weight is 511 g/mol. The molecule has 0 radical (unpaired) electrons. The zero-order chi connectivity index (χ0) is 27.1. The van der Waals surface area contributed by atoms with E-state index in [9.17, 15) is 14.7 Å². The molecule has 0 aliphatic carbocycles. The summed E-state index contributed by atoms with van der Waals surface area (Å²) in [5.41, 5.74) is 1.99. The molecule has 0 aromatic heterocycles. The van der Waals surface area contributed by atoms with E-state index in [2.05, 4.69) is 6.92 Å². The molecule has 1 N–H and O–H groups in total. The highest BCUT2D eigenvalue weighted by atomic mass is 16.5. The van der Waals surface area contributed by atoms with E-state index in [4.69, 9.17) is 14.2 Å². The minimum atomic E-state index is -0.773. The first-order valence-electron chi connectivity index (χ1n) is 12.7. The van der Waals surface area contributed by atoms with Gasteiger partial charge in [0.2, 0.25) is 0 Å². The van der Waals surface area contributed by atoms with Crippen LogP contribution in [0.5, 0.6) is 17.2 Å². The Hall–Kier alpha value is -3.52. The van der Waals surface area contributed by atoms with Gasteiger partial charge < -0.3 is 29.1 Å². The van der Waals surface area contributed by atoms with Crippen molar-refractivity contribution in [2.75, 3.05) is 47.5 Å². The Morgan fingerprint density at radius 2 is 1.76 bits per heavy atom. The van der Waals surface area contributed by atoms with Crippen LogP contribution in [-0.2, 0) is 9.59 Å². The third kappa shape index (κ3) is 6.25. The number of likely N-dealkylation sites (tertiary alicyclic amines) is 1. The van der Waals surface area contributed by atoms with Gasteiger partial charge in [0, 0.05) is 18.7 Å². The number of rotatable bonds is 12. The predicted molar refractivity (Wildman–Crippen MR) is 143 cm³/mol. The van der Waals surface area contributed by atoms with Crippen LogP contribution < -0.4 is 14.2 Å². The smallest absolute Gasteiger partial charge is 0.295 e. The van der Waals surface area contributed by atoms with Gasteiger partial charge in [0.25, 0.3) is 11.7 Å². The van der Waals surface area contributed by atoms with Gasteiger partial charge in [-0.2, -0.15) is 0 Å². The van der Waals surface area contributed by atoms with Gasteiger partial charge in [-0.15, -0.1) is 0 Å². The number of aryl methyl sites for hydroxylation is 1. The van der Waals surface area contributed by atoms with Crippen molar-refractivity contribution < 1.29 is 28.9 Å². The lowest BCUT2D eigenvalue weighted by Gasteiger charge is -2.27. The third-order valence-electron chi connectivity index (χ3n) is 6.34. The Bertz CT molecular complexity index is 1160. The van der Waals surface area contributed by atoms with E-state index in [1.54, 1.807) is 36.4 Å². The van der Waals surface area contributed by atoms with Crippen LogP contribution >= 0.6 is 0 Å². The largest absolute Gasteiger partial charge is 0.507 e. The lowest BCUT2D eigenvalue weighted by molar-refractivity contribution is -0.140. The quantitative estimate of drug-likeness (QED) is 0.194. The van der Waals surface area contributed by atoms with Crippen molar-refractivity contribution in [1.82, 2.24) is 9.80 Å². The molecule has 200 valence electrons. The number of aliphatic hydroxyl groups is 1. The summed E-state index contributed by atoms with van der Waals surface area (Å²) in [7, 11) is 5.34. The number of ketones is 1. The number of aliphatic hydroxyl groups excluding tert-OH is 1. The van der Waals surface area contributed by atoms with Crippen molar-refractivity contribution in [3.05, 3.63) is 58.7 Å². The molecule has 1 aliphatic rings. The molecule has 1 amide bonds. The van der Waals surface area contributed by atoms with Crippen LogP contribution in [0.3, 0.4) is 0 Å². The molecule has 37 heavy (non-hydrogen) atoms. The average Bonchev–Trinajstić information content (AvgIpc) is 3.13. The molecule has 8 nitrogen and oxygen atoms in total. The van der Waals surface area contributed by atoms with Crippen LogP contribution in [0.25, 0.3) is 5.76 Å². The molecule has 1 aliphatic heterocycles. The van der Waals surface area contributed by atoms with Gasteiger partial charge in [-0.1, -0.05) is 19.4 Å². The number of carbonyl (C=O) groups is 2. The minimum absolute atomic E-state index is 0.0500. The summed E-state index contributed by atoms with van der Waals surface area (Å²) in [6.45, 7) is 7.82. The fourth-order valence-corrected chi connectivity index (χ4v) is 4.33. The highest BCUT2D eigenvalue weighted by Gasteiger charge is 2.46. The second kappa shape index (κ2) is 12.6. The number of unbranched alkanes of at least 4 members (excludes halogenated alkanes) is 1.